The summed E-state index contributed by atoms with van der Waals surface area (Å²) in [5.41, 5.74) is 0. The number of allylic oxidation sites excluding steroid dienone is 5. The van der Waals surface area contributed by atoms with Gasteiger partial charge in [-0.15, -0.1) is 0 Å². The molecule has 0 rings (SSSR count). The van der Waals surface area contributed by atoms with Crippen LogP contribution in [-0.4, -0.2) is 57.3 Å². The summed E-state index contributed by atoms with van der Waals surface area (Å²) >= 11 is 0. The minimum atomic E-state index is -1.30. The molecule has 5 N–H and O–H groups in total. The van der Waals surface area contributed by atoms with Gasteiger partial charge in [0.2, 0.25) is 5.91 Å². The van der Waals surface area contributed by atoms with Gasteiger partial charge in [-0.1, -0.05) is 108 Å². The summed E-state index contributed by atoms with van der Waals surface area (Å²) in [7, 11) is 0. The van der Waals surface area contributed by atoms with Gasteiger partial charge in [-0.25, -0.2) is 0 Å². The number of rotatable bonds is 26. The average molecular weight is 538 g/mol. The Morgan fingerprint density at radius 2 is 1.18 bits per heavy atom. The molecule has 38 heavy (non-hydrogen) atoms. The van der Waals surface area contributed by atoms with E-state index in [4.69, 9.17) is 0 Å². The largest absolute Gasteiger partial charge is 0.394 e. The van der Waals surface area contributed by atoms with Crippen LogP contribution in [0.4, 0.5) is 0 Å². The molecule has 0 aliphatic heterocycles. The monoisotopic (exact) mass is 537 g/mol. The van der Waals surface area contributed by atoms with Crippen molar-refractivity contribution in [2.24, 2.45) is 0 Å². The van der Waals surface area contributed by atoms with Crippen molar-refractivity contribution < 1.29 is 25.2 Å². The van der Waals surface area contributed by atoms with Crippen LogP contribution in [0.25, 0.3) is 0 Å². The zero-order valence-electron chi connectivity index (χ0n) is 24.4. The molecule has 4 atom stereocenters. The zero-order valence-corrected chi connectivity index (χ0v) is 24.4. The summed E-state index contributed by atoms with van der Waals surface area (Å²) in [5.74, 6) is -0.666. The van der Waals surface area contributed by atoms with E-state index in [0.717, 1.165) is 25.7 Å². The summed E-state index contributed by atoms with van der Waals surface area (Å²) in [4.78, 5) is 12.3. The van der Waals surface area contributed by atoms with Crippen LogP contribution in [0.5, 0.6) is 0 Å². The number of unbranched alkanes of at least 4 members (excludes halogenated alkanes) is 12. The Hall–Kier alpha value is -1.47. The fourth-order valence-corrected chi connectivity index (χ4v) is 4.27. The van der Waals surface area contributed by atoms with E-state index in [0.29, 0.717) is 12.8 Å². The van der Waals surface area contributed by atoms with Crippen molar-refractivity contribution in [3.63, 3.8) is 0 Å². The van der Waals surface area contributed by atoms with Gasteiger partial charge in [0.05, 0.1) is 18.8 Å². The number of aliphatic hydroxyl groups excluding tert-OH is 4. The maximum absolute atomic E-state index is 12.3. The van der Waals surface area contributed by atoms with Gasteiger partial charge < -0.3 is 25.7 Å². The third-order valence-electron chi connectivity index (χ3n) is 6.83. The topological polar surface area (TPSA) is 110 Å². The van der Waals surface area contributed by atoms with Gasteiger partial charge in [-0.3, -0.25) is 4.79 Å². The van der Waals surface area contributed by atoms with E-state index in [2.05, 4.69) is 43.5 Å². The van der Waals surface area contributed by atoms with Gasteiger partial charge in [0.1, 0.15) is 12.2 Å². The molecule has 0 heterocycles. The van der Waals surface area contributed by atoms with Gasteiger partial charge in [-0.2, -0.15) is 0 Å². The molecule has 222 valence electrons. The van der Waals surface area contributed by atoms with E-state index >= 15 is 0 Å². The Balaban J connectivity index is 4.09. The van der Waals surface area contributed by atoms with Crippen molar-refractivity contribution in [1.82, 2.24) is 5.32 Å². The minimum absolute atomic E-state index is 0.152. The molecule has 0 aromatic heterocycles. The maximum Gasteiger partial charge on any atom is 0.249 e. The highest BCUT2D eigenvalue weighted by Crippen LogP contribution is 2.11. The van der Waals surface area contributed by atoms with Crippen LogP contribution < -0.4 is 5.32 Å². The second kappa shape index (κ2) is 27.1. The summed E-state index contributed by atoms with van der Waals surface area (Å²) < 4.78 is 0. The molecule has 0 aromatic carbocycles. The molecular formula is C32H59NO5. The second-order valence-corrected chi connectivity index (χ2v) is 10.4. The fraction of sp³-hybridized carbons (Fsp3) is 0.781. The van der Waals surface area contributed by atoms with Crippen LogP contribution in [-0.2, 0) is 4.79 Å². The normalized spacial score (nSPS) is 15.4. The molecule has 0 spiro atoms. The number of aliphatic hydroxyl groups is 4. The number of nitrogens with one attached hydrogen (secondary N) is 1. The molecule has 0 fully saturated rings. The number of carbonyl (C=O) groups is 1. The summed E-state index contributed by atoms with van der Waals surface area (Å²) in [6.07, 6.45) is 27.6. The van der Waals surface area contributed by atoms with E-state index in [1.54, 1.807) is 6.08 Å². The number of hydrogen-bond acceptors (Lipinski definition) is 5. The SMILES string of the molecule is CCCCCCC/C=C/CCCC(O)C(O)C(CO)NC(=O)C(O)C/C=C\C/C=C\CCCCCCCC. The minimum Gasteiger partial charge on any atom is -0.394 e. The lowest BCUT2D eigenvalue weighted by Crippen LogP contribution is -2.52. The van der Waals surface area contributed by atoms with Gasteiger partial charge >= 0.3 is 0 Å². The highest BCUT2D eigenvalue weighted by molar-refractivity contribution is 5.81. The fourth-order valence-electron chi connectivity index (χ4n) is 4.27. The third kappa shape index (κ3) is 21.5. The Morgan fingerprint density at radius 3 is 1.76 bits per heavy atom. The van der Waals surface area contributed by atoms with E-state index in [1.165, 1.54) is 70.6 Å². The van der Waals surface area contributed by atoms with Gasteiger partial charge in [0.25, 0.3) is 0 Å². The number of carbonyl (C=O) groups excluding carboxylic acids is 1. The Labute approximate surface area is 233 Å². The van der Waals surface area contributed by atoms with Crippen molar-refractivity contribution in [3.05, 3.63) is 36.5 Å². The van der Waals surface area contributed by atoms with E-state index < -0.39 is 36.9 Å². The standard InChI is InChI=1S/C32H59NO5/c1-3-5-7-9-11-13-15-16-18-20-22-24-26-30(36)32(38)33-28(27-34)31(37)29(35)25-23-21-19-17-14-12-10-8-6-4-2/h16-19,22,24,28-31,34-37H,3-15,20-21,23,25-27H2,1-2H3,(H,33,38)/b18-16-,19-17+,24-22-. The molecular weight excluding hydrogens is 478 g/mol. The van der Waals surface area contributed by atoms with Crippen LogP contribution in [0.2, 0.25) is 0 Å². The van der Waals surface area contributed by atoms with Gasteiger partial charge in [-0.05, 0) is 51.4 Å². The molecule has 0 aliphatic rings. The van der Waals surface area contributed by atoms with Crippen molar-refractivity contribution in [1.29, 1.82) is 0 Å². The summed E-state index contributed by atoms with van der Waals surface area (Å²) in [6.45, 7) is 3.92. The molecule has 4 unspecified atom stereocenters. The Morgan fingerprint density at radius 1 is 0.684 bits per heavy atom. The summed E-state index contributed by atoms with van der Waals surface area (Å²) in [5, 5.41) is 42.9. The van der Waals surface area contributed by atoms with Crippen LogP contribution in [0, 0.1) is 0 Å². The quantitative estimate of drug-likeness (QED) is 0.0659. The number of amides is 1. The first kappa shape index (κ1) is 36.5. The predicted octanol–water partition coefficient (Wildman–Crippen LogP) is 6.28. The van der Waals surface area contributed by atoms with Crippen molar-refractivity contribution in [3.8, 4) is 0 Å². The third-order valence-corrected chi connectivity index (χ3v) is 6.83. The van der Waals surface area contributed by atoms with Crippen LogP contribution in [0.15, 0.2) is 36.5 Å². The predicted molar refractivity (Wildman–Crippen MR) is 159 cm³/mol. The number of hydrogen-bond donors (Lipinski definition) is 5. The molecule has 0 bridgehead atoms. The van der Waals surface area contributed by atoms with Crippen LogP contribution in [0.1, 0.15) is 129 Å². The van der Waals surface area contributed by atoms with E-state index in [1.807, 2.05) is 6.08 Å². The lowest BCUT2D eigenvalue weighted by atomic mass is 10.0. The van der Waals surface area contributed by atoms with Crippen LogP contribution in [0.3, 0.4) is 0 Å². The Bertz CT molecular complexity index is 619. The molecule has 1 amide bonds. The van der Waals surface area contributed by atoms with Gasteiger partial charge in [0.15, 0.2) is 0 Å². The zero-order chi connectivity index (χ0) is 28.3. The lowest BCUT2D eigenvalue weighted by Gasteiger charge is -2.27. The Kier molecular flexibility index (Phi) is 26.1. The van der Waals surface area contributed by atoms with Crippen LogP contribution >= 0.6 is 0 Å². The van der Waals surface area contributed by atoms with Crippen molar-refractivity contribution >= 4 is 5.91 Å². The van der Waals surface area contributed by atoms with E-state index in [-0.39, 0.29) is 6.42 Å². The second-order valence-electron chi connectivity index (χ2n) is 10.4. The smallest absolute Gasteiger partial charge is 0.249 e. The first-order chi connectivity index (χ1) is 18.5. The first-order valence-corrected chi connectivity index (χ1v) is 15.4. The first-order valence-electron chi connectivity index (χ1n) is 15.4. The molecule has 6 nitrogen and oxygen atoms in total. The highest BCUT2D eigenvalue weighted by atomic mass is 16.3. The van der Waals surface area contributed by atoms with E-state index in [9.17, 15) is 25.2 Å². The lowest BCUT2D eigenvalue weighted by molar-refractivity contribution is -0.132. The average Bonchev–Trinajstić information content (AvgIpc) is 2.92. The molecule has 0 saturated carbocycles. The molecule has 0 aliphatic carbocycles. The summed E-state index contributed by atoms with van der Waals surface area (Å²) in [6, 6.07) is -1.03. The van der Waals surface area contributed by atoms with Crippen molar-refractivity contribution in [2.45, 2.75) is 154 Å². The molecule has 0 aromatic rings. The molecule has 6 heteroatoms. The highest BCUT2D eigenvalue weighted by Gasteiger charge is 2.28. The molecule has 0 saturated heterocycles. The van der Waals surface area contributed by atoms with Gasteiger partial charge in [0, 0.05) is 6.42 Å². The maximum atomic E-state index is 12.3. The molecule has 0 radical (unpaired) electrons. The van der Waals surface area contributed by atoms with Crippen molar-refractivity contribution in [2.75, 3.05) is 6.61 Å².